The molecule has 0 radical (unpaired) electrons. The first-order valence-corrected chi connectivity index (χ1v) is 9.26. The lowest BCUT2D eigenvalue weighted by Crippen LogP contribution is -2.37. The molecule has 1 aromatic heterocycles. The molecule has 0 aromatic carbocycles. The first-order chi connectivity index (χ1) is 11.2. The zero-order valence-corrected chi connectivity index (χ0v) is 14.7. The van der Waals surface area contributed by atoms with Crippen LogP contribution in [0, 0.1) is 5.92 Å². The molecule has 3 heterocycles. The van der Waals surface area contributed by atoms with Crippen LogP contribution in [0.15, 0.2) is 12.3 Å². The minimum absolute atomic E-state index is 0.0655. The van der Waals surface area contributed by atoms with Crippen LogP contribution in [-0.4, -0.2) is 42.0 Å². The average molecular weight is 336 g/mol. The van der Waals surface area contributed by atoms with Crippen molar-refractivity contribution in [2.45, 2.75) is 45.4 Å². The number of halogens is 1. The number of rotatable bonds is 3. The predicted octanol–water partition coefficient (Wildman–Crippen LogP) is 3.99. The van der Waals surface area contributed by atoms with Gasteiger partial charge in [-0.3, -0.25) is 4.79 Å². The highest BCUT2D eigenvalue weighted by Gasteiger charge is 2.23. The van der Waals surface area contributed by atoms with Crippen molar-refractivity contribution in [3.63, 3.8) is 0 Å². The number of piperidine rings is 2. The number of aromatic nitrogens is 1. The first-order valence-electron chi connectivity index (χ1n) is 8.88. The van der Waals surface area contributed by atoms with Gasteiger partial charge in [-0.15, -0.1) is 0 Å². The molecule has 1 aromatic rings. The minimum atomic E-state index is 0.0655. The van der Waals surface area contributed by atoms with Gasteiger partial charge in [-0.25, -0.2) is 4.98 Å². The Balaban J connectivity index is 1.73. The van der Waals surface area contributed by atoms with E-state index in [1.54, 1.807) is 12.3 Å². The SMILES string of the molecule is CCC1CCCN(c2ncc(C(=O)N3CCCCC3)cc2Cl)C1. The Morgan fingerprint density at radius 2 is 2.04 bits per heavy atom. The van der Waals surface area contributed by atoms with E-state index < -0.39 is 0 Å². The van der Waals surface area contributed by atoms with Crippen molar-refractivity contribution in [2.75, 3.05) is 31.1 Å². The van der Waals surface area contributed by atoms with Gasteiger partial charge >= 0.3 is 0 Å². The van der Waals surface area contributed by atoms with Gasteiger partial charge in [0.2, 0.25) is 0 Å². The second-order valence-corrected chi connectivity index (χ2v) is 7.15. The summed E-state index contributed by atoms with van der Waals surface area (Å²) in [5.41, 5.74) is 0.615. The summed E-state index contributed by atoms with van der Waals surface area (Å²) in [5, 5.41) is 0.601. The lowest BCUT2D eigenvalue weighted by molar-refractivity contribution is 0.0724. The monoisotopic (exact) mass is 335 g/mol. The fourth-order valence-corrected chi connectivity index (χ4v) is 3.94. The van der Waals surface area contributed by atoms with Crippen LogP contribution in [0.4, 0.5) is 5.82 Å². The summed E-state index contributed by atoms with van der Waals surface area (Å²) in [6, 6.07) is 1.80. The molecule has 0 bridgehead atoms. The Bertz CT molecular complexity index is 557. The molecule has 2 saturated heterocycles. The lowest BCUT2D eigenvalue weighted by atomic mass is 9.96. The number of hydrogen-bond acceptors (Lipinski definition) is 3. The number of carbonyl (C=O) groups is 1. The summed E-state index contributed by atoms with van der Waals surface area (Å²) >= 11 is 6.46. The number of anilines is 1. The molecule has 23 heavy (non-hydrogen) atoms. The number of amides is 1. The van der Waals surface area contributed by atoms with E-state index in [0.717, 1.165) is 50.8 Å². The molecule has 1 unspecified atom stereocenters. The maximum atomic E-state index is 12.6. The van der Waals surface area contributed by atoms with E-state index in [2.05, 4.69) is 16.8 Å². The van der Waals surface area contributed by atoms with Crippen LogP contribution in [0.5, 0.6) is 0 Å². The Hall–Kier alpha value is -1.29. The van der Waals surface area contributed by atoms with Crippen molar-refractivity contribution in [1.29, 1.82) is 0 Å². The van der Waals surface area contributed by atoms with Gasteiger partial charge in [-0.2, -0.15) is 0 Å². The van der Waals surface area contributed by atoms with Crippen LogP contribution < -0.4 is 4.90 Å². The third-order valence-electron chi connectivity index (χ3n) is 5.11. The smallest absolute Gasteiger partial charge is 0.255 e. The normalized spacial score (nSPS) is 22.3. The minimum Gasteiger partial charge on any atom is -0.355 e. The summed E-state index contributed by atoms with van der Waals surface area (Å²) in [7, 11) is 0. The zero-order chi connectivity index (χ0) is 16.2. The van der Waals surface area contributed by atoms with E-state index in [0.29, 0.717) is 10.6 Å². The van der Waals surface area contributed by atoms with Gasteiger partial charge < -0.3 is 9.80 Å². The van der Waals surface area contributed by atoms with Crippen molar-refractivity contribution >= 4 is 23.3 Å². The standard InChI is InChI=1S/C18H26ClN3O/c1-2-14-7-6-10-22(13-14)17-16(19)11-15(12-20-17)18(23)21-8-4-3-5-9-21/h11-12,14H,2-10,13H2,1H3. The molecule has 0 saturated carbocycles. The van der Waals surface area contributed by atoms with Crippen molar-refractivity contribution in [2.24, 2.45) is 5.92 Å². The van der Waals surface area contributed by atoms with Gasteiger partial charge in [0.1, 0.15) is 5.82 Å². The van der Waals surface area contributed by atoms with E-state index >= 15 is 0 Å². The zero-order valence-electron chi connectivity index (χ0n) is 13.9. The molecule has 0 aliphatic carbocycles. The van der Waals surface area contributed by atoms with Crippen LogP contribution in [0.1, 0.15) is 55.8 Å². The second-order valence-electron chi connectivity index (χ2n) is 6.74. The molecule has 126 valence electrons. The Kier molecular flexibility index (Phi) is 5.42. The highest BCUT2D eigenvalue weighted by molar-refractivity contribution is 6.33. The molecular formula is C18H26ClN3O. The predicted molar refractivity (Wildman–Crippen MR) is 94.2 cm³/mol. The number of pyridine rings is 1. The summed E-state index contributed by atoms with van der Waals surface area (Å²) in [6.45, 7) is 5.96. The van der Waals surface area contributed by atoms with Crippen molar-refractivity contribution in [3.8, 4) is 0 Å². The van der Waals surface area contributed by atoms with E-state index in [4.69, 9.17) is 11.6 Å². The highest BCUT2D eigenvalue weighted by atomic mass is 35.5. The molecule has 0 N–H and O–H groups in total. The topological polar surface area (TPSA) is 36.4 Å². The number of nitrogens with zero attached hydrogens (tertiary/aromatic N) is 3. The maximum absolute atomic E-state index is 12.6. The van der Waals surface area contributed by atoms with Gasteiger partial charge in [-0.05, 0) is 44.1 Å². The third-order valence-corrected chi connectivity index (χ3v) is 5.39. The quantitative estimate of drug-likeness (QED) is 0.838. The summed E-state index contributed by atoms with van der Waals surface area (Å²) in [4.78, 5) is 21.3. The Morgan fingerprint density at radius 1 is 1.26 bits per heavy atom. The summed E-state index contributed by atoms with van der Waals surface area (Å²) in [5.74, 6) is 1.62. The van der Waals surface area contributed by atoms with E-state index in [9.17, 15) is 4.79 Å². The molecule has 2 aliphatic rings. The molecule has 1 amide bonds. The first kappa shape index (κ1) is 16.6. The van der Waals surface area contributed by atoms with Crippen molar-refractivity contribution in [1.82, 2.24) is 9.88 Å². The van der Waals surface area contributed by atoms with Crippen LogP contribution in [0.3, 0.4) is 0 Å². The van der Waals surface area contributed by atoms with Crippen molar-refractivity contribution < 1.29 is 4.79 Å². The van der Waals surface area contributed by atoms with Crippen molar-refractivity contribution in [3.05, 3.63) is 22.8 Å². The van der Waals surface area contributed by atoms with Gasteiger partial charge in [0.15, 0.2) is 0 Å². The maximum Gasteiger partial charge on any atom is 0.255 e. The summed E-state index contributed by atoms with van der Waals surface area (Å²) < 4.78 is 0. The average Bonchev–Trinajstić information content (AvgIpc) is 2.61. The van der Waals surface area contributed by atoms with Gasteiger partial charge in [0, 0.05) is 32.4 Å². The molecule has 0 spiro atoms. The Morgan fingerprint density at radius 3 is 2.74 bits per heavy atom. The summed E-state index contributed by atoms with van der Waals surface area (Å²) in [6.07, 6.45) is 8.78. The van der Waals surface area contributed by atoms with Crippen LogP contribution >= 0.6 is 11.6 Å². The third kappa shape index (κ3) is 3.79. The second kappa shape index (κ2) is 7.52. The fraction of sp³-hybridized carbons (Fsp3) is 0.667. The van der Waals surface area contributed by atoms with Crippen LogP contribution in [0.2, 0.25) is 5.02 Å². The molecule has 3 rings (SSSR count). The Labute approximate surface area is 143 Å². The van der Waals surface area contributed by atoms with E-state index in [1.165, 1.54) is 25.7 Å². The molecular weight excluding hydrogens is 310 g/mol. The van der Waals surface area contributed by atoms with Crippen LogP contribution in [-0.2, 0) is 0 Å². The molecule has 5 heteroatoms. The van der Waals surface area contributed by atoms with Gasteiger partial charge in [-0.1, -0.05) is 24.9 Å². The van der Waals surface area contributed by atoms with Crippen LogP contribution in [0.25, 0.3) is 0 Å². The molecule has 4 nitrogen and oxygen atoms in total. The lowest BCUT2D eigenvalue weighted by Gasteiger charge is -2.33. The number of likely N-dealkylation sites (tertiary alicyclic amines) is 1. The van der Waals surface area contributed by atoms with E-state index in [1.807, 2.05) is 4.90 Å². The van der Waals surface area contributed by atoms with Gasteiger partial charge in [0.25, 0.3) is 5.91 Å². The largest absolute Gasteiger partial charge is 0.355 e. The molecule has 1 atom stereocenters. The molecule has 2 aliphatic heterocycles. The fourth-order valence-electron chi connectivity index (χ4n) is 3.65. The highest BCUT2D eigenvalue weighted by Crippen LogP contribution is 2.29. The molecule has 2 fully saturated rings. The van der Waals surface area contributed by atoms with E-state index in [-0.39, 0.29) is 5.91 Å². The number of hydrogen-bond donors (Lipinski definition) is 0. The number of carbonyl (C=O) groups excluding carboxylic acids is 1. The van der Waals surface area contributed by atoms with Gasteiger partial charge in [0.05, 0.1) is 10.6 Å².